The number of sulfonamides is 3. The average molecular weight is 1440 g/mol. The first-order valence-electron chi connectivity index (χ1n) is 32.8. The van der Waals surface area contributed by atoms with Crippen LogP contribution in [0.25, 0.3) is 68.5 Å². The summed E-state index contributed by atoms with van der Waals surface area (Å²) in [6, 6.07) is 37.3. The van der Waals surface area contributed by atoms with E-state index in [-0.39, 0.29) is 54.1 Å². The Kier molecular flexibility index (Phi) is 23.3. The molecule has 6 aromatic carbocycles. The number of nitrogens with one attached hydrogen (secondary N) is 3. The fourth-order valence-corrected chi connectivity index (χ4v) is 15.4. The molecule has 0 unspecified atom stereocenters. The average Bonchev–Trinajstić information content (AvgIpc) is 1.64. The summed E-state index contributed by atoms with van der Waals surface area (Å²) in [5.74, 6) is 1.07. The lowest BCUT2D eigenvalue weighted by atomic mass is 10.0. The minimum atomic E-state index is -3.86. The molecule has 0 saturated heterocycles. The molecule has 12 rings (SSSR count). The Morgan fingerprint density at radius 3 is 1.11 bits per heavy atom. The van der Waals surface area contributed by atoms with E-state index in [9.17, 15) is 50.6 Å². The Labute approximate surface area is 590 Å². The minimum absolute atomic E-state index is 0.0401. The number of rotatable bonds is 24. The summed E-state index contributed by atoms with van der Waals surface area (Å²) in [6.45, 7) is 14.6. The Morgan fingerprint density at radius 2 is 0.814 bits per heavy atom. The van der Waals surface area contributed by atoms with Crippen LogP contribution in [-0.4, -0.2) is 110 Å². The molecule has 102 heavy (non-hydrogen) atoms. The van der Waals surface area contributed by atoms with Gasteiger partial charge in [-0.1, -0.05) is 77.0 Å². The summed E-state index contributed by atoms with van der Waals surface area (Å²) in [6.07, 6.45) is 3.71. The summed E-state index contributed by atoms with van der Waals surface area (Å²) in [4.78, 5) is 36.7. The molecular formula is C72H74N12O15S3. The van der Waals surface area contributed by atoms with Gasteiger partial charge in [0, 0.05) is 57.9 Å². The van der Waals surface area contributed by atoms with E-state index in [4.69, 9.17) is 27.8 Å². The maximum absolute atomic E-state index is 12.4. The van der Waals surface area contributed by atoms with E-state index in [0.717, 1.165) is 57.2 Å². The van der Waals surface area contributed by atoms with E-state index in [2.05, 4.69) is 67.5 Å². The highest BCUT2D eigenvalue weighted by Crippen LogP contribution is 2.42. The summed E-state index contributed by atoms with van der Waals surface area (Å²) >= 11 is 0. The number of nitrogens with zero attached hydrogens (tertiary/aromatic N) is 9. The molecule has 3 N–H and O–H groups in total. The second kappa shape index (κ2) is 32.0. The van der Waals surface area contributed by atoms with Crippen LogP contribution >= 0.6 is 0 Å². The summed E-state index contributed by atoms with van der Waals surface area (Å²) in [5.41, 5.74) is 10.6. The lowest BCUT2D eigenvalue weighted by molar-refractivity contribution is -0.137. The number of fused-ring (bicyclic) bond motifs is 3. The zero-order valence-electron chi connectivity index (χ0n) is 57.3. The molecule has 0 spiro atoms. The Morgan fingerprint density at radius 1 is 0.490 bits per heavy atom. The molecule has 0 saturated carbocycles. The first-order chi connectivity index (χ1) is 48.7. The fraction of sp³-hybridized carbons (Fsp3) is 0.347. The van der Waals surface area contributed by atoms with Gasteiger partial charge < -0.3 is 32.5 Å². The number of ketones is 1. The number of hydrogen-bond donors (Lipinski definition) is 3. The molecule has 0 amide bonds. The quantitative estimate of drug-likeness (QED) is 0.0473. The molecular weight excluding hydrogens is 1370 g/mol. The zero-order chi connectivity index (χ0) is 73.2. The number of benzene rings is 6. The molecule has 3 heterocycles. The smallest absolute Gasteiger partial charge is 0.322 e. The standard InChI is InChI=1S/C25H26N4O5S.C24H24N4O6S.C23H24N4O4S/c1-4-18(30)14-35(31,32)29-22-10-9-19-20(22)6-5-7-21(19)24-27-25(34-28-24)16-8-11-23(33-15(2)3)17(12-16)13-26;1-14(2)33-21-10-7-15(11-16(21)12-25)24-26-23(27-34-24)19-6-4-5-18-17(19)8-9-20(18)28-35(30,31)13-22(29)32-3;1-4-32(28,29)27-20-10-9-17-18(20)6-5-7-19(17)22-25-23(31-26-22)15-8-11-21(30-14(2)3)16(12-15)13-24/h5-8,11-12,15,22,29H,4,9-10,14H2,1-3H3;4-7,10-11,14,20,28H,8-9,13H2,1-3H3;5-8,11-12,14,20,27H,4,9-10H2,1-3H3/t22-;2*20-/m100/s1. The van der Waals surface area contributed by atoms with Crippen molar-refractivity contribution >= 4 is 41.8 Å². The summed E-state index contributed by atoms with van der Waals surface area (Å²) in [5, 5.41) is 40.8. The van der Waals surface area contributed by atoms with Crippen molar-refractivity contribution in [1.29, 1.82) is 15.8 Å². The Hall–Kier alpha value is -10.5. The maximum atomic E-state index is 12.4. The van der Waals surface area contributed by atoms with Crippen molar-refractivity contribution in [2.24, 2.45) is 0 Å². The van der Waals surface area contributed by atoms with Crippen LogP contribution in [0.15, 0.2) is 123 Å². The number of Topliss-reactive ketones (excluding diaryl/α,β-unsaturated/α-hetero) is 1. The van der Waals surface area contributed by atoms with E-state index >= 15 is 0 Å². The number of esters is 1. The second-order valence-corrected chi connectivity index (χ2v) is 30.4. The predicted molar refractivity (Wildman–Crippen MR) is 374 cm³/mol. The molecule has 9 aromatic rings. The van der Waals surface area contributed by atoms with Gasteiger partial charge in [-0.05, 0) is 175 Å². The zero-order valence-corrected chi connectivity index (χ0v) is 59.8. The highest BCUT2D eigenvalue weighted by atomic mass is 32.2. The van der Waals surface area contributed by atoms with Crippen molar-refractivity contribution in [3.05, 3.63) is 159 Å². The molecule has 27 nitrogen and oxygen atoms in total. The van der Waals surface area contributed by atoms with Crippen LogP contribution in [0.3, 0.4) is 0 Å². The van der Waals surface area contributed by atoms with Crippen molar-refractivity contribution in [3.8, 4) is 104 Å². The lowest BCUT2D eigenvalue weighted by Crippen LogP contribution is -2.33. The maximum Gasteiger partial charge on any atom is 0.322 e. The highest BCUT2D eigenvalue weighted by molar-refractivity contribution is 7.90. The van der Waals surface area contributed by atoms with Crippen LogP contribution in [0.2, 0.25) is 0 Å². The third-order valence-corrected chi connectivity index (χ3v) is 20.6. The second-order valence-electron chi connectivity index (χ2n) is 24.9. The monoisotopic (exact) mass is 1440 g/mol. The van der Waals surface area contributed by atoms with Gasteiger partial charge in [-0.25, -0.2) is 39.4 Å². The SMILES string of the molecule is CCC(=O)CS(=O)(=O)N[C@@H]1CCc2c(-c3noc(-c4ccc(OC(C)C)c(C#N)c4)n3)cccc21.CCS(=O)(=O)N[C@H]1CCc2c(-c3noc(-c4ccc(OC(C)C)c(C#N)c4)n3)cccc21.COC(=O)CS(=O)(=O)N[C@H]1CCc2c(-c3noc(-c4ccc(OC(C)C)c(C#N)c4)n3)cccc21. The van der Waals surface area contributed by atoms with Gasteiger partial charge in [0.15, 0.2) is 5.75 Å². The van der Waals surface area contributed by atoms with Gasteiger partial charge in [0.1, 0.15) is 47.0 Å². The van der Waals surface area contributed by atoms with Gasteiger partial charge in [-0.15, -0.1) is 0 Å². The molecule has 3 aliphatic carbocycles. The van der Waals surface area contributed by atoms with E-state index < -0.39 is 59.6 Å². The van der Waals surface area contributed by atoms with Gasteiger partial charge in [0.25, 0.3) is 17.7 Å². The van der Waals surface area contributed by atoms with Crippen LogP contribution in [-0.2, 0) is 63.7 Å². The van der Waals surface area contributed by atoms with Crippen molar-refractivity contribution in [3.63, 3.8) is 0 Å². The third-order valence-electron chi connectivity index (χ3n) is 16.6. The number of methoxy groups -OCH3 is 1. The van der Waals surface area contributed by atoms with E-state index in [1.54, 1.807) is 74.5 Å². The van der Waals surface area contributed by atoms with Crippen molar-refractivity contribution < 1.29 is 67.4 Å². The molecule has 0 aliphatic heterocycles. The van der Waals surface area contributed by atoms with Crippen molar-refractivity contribution in [2.75, 3.05) is 24.4 Å². The van der Waals surface area contributed by atoms with Gasteiger partial charge in [-0.2, -0.15) is 30.7 Å². The van der Waals surface area contributed by atoms with E-state index in [1.807, 2.05) is 90.1 Å². The largest absolute Gasteiger partial charge is 0.490 e. The van der Waals surface area contributed by atoms with E-state index in [0.29, 0.717) is 113 Å². The fourth-order valence-electron chi connectivity index (χ4n) is 12.0. The number of ether oxygens (including phenoxy) is 4. The van der Waals surface area contributed by atoms with Gasteiger partial charge in [0.2, 0.25) is 47.5 Å². The van der Waals surface area contributed by atoms with E-state index in [1.165, 1.54) is 0 Å². The van der Waals surface area contributed by atoms with Crippen LogP contribution in [0.1, 0.15) is 149 Å². The van der Waals surface area contributed by atoms with Gasteiger partial charge >= 0.3 is 5.97 Å². The number of nitriles is 3. The third kappa shape index (κ3) is 17.8. The first kappa shape index (κ1) is 74.2. The van der Waals surface area contributed by atoms with Gasteiger partial charge in [0.05, 0.1) is 47.9 Å². The number of carbonyl (C=O) groups excluding carboxylic acids is 2. The first-order valence-corrected chi connectivity index (χ1v) is 37.8. The minimum Gasteiger partial charge on any atom is -0.490 e. The van der Waals surface area contributed by atoms with Crippen LogP contribution in [0.5, 0.6) is 17.2 Å². The van der Waals surface area contributed by atoms with Crippen LogP contribution < -0.4 is 28.4 Å². The number of hydrogen-bond acceptors (Lipinski definition) is 24. The Bertz CT molecular complexity index is 4890. The number of aromatic nitrogens is 6. The predicted octanol–water partition coefficient (Wildman–Crippen LogP) is 11.1. The number of carbonyl (C=O) groups is 2. The van der Waals surface area contributed by atoms with Crippen molar-refractivity contribution in [1.82, 2.24) is 44.6 Å². The molecule has 530 valence electrons. The van der Waals surface area contributed by atoms with Crippen LogP contribution in [0, 0.1) is 34.0 Å². The topological polar surface area (TPSA) is 398 Å². The molecule has 3 atom stereocenters. The molecule has 0 fully saturated rings. The molecule has 3 aromatic heterocycles. The Balaban J connectivity index is 0.000000165. The highest BCUT2D eigenvalue weighted by Gasteiger charge is 2.34. The molecule has 3 aliphatic rings. The van der Waals surface area contributed by atoms with Crippen LogP contribution in [0.4, 0.5) is 0 Å². The van der Waals surface area contributed by atoms with Crippen molar-refractivity contribution in [2.45, 2.75) is 137 Å². The molecule has 30 heteroatoms. The lowest BCUT2D eigenvalue weighted by Gasteiger charge is -2.14. The molecule has 0 bridgehead atoms. The summed E-state index contributed by atoms with van der Waals surface area (Å²) in [7, 11) is -9.76. The normalized spacial score (nSPS) is 15.2. The summed E-state index contributed by atoms with van der Waals surface area (Å²) < 4.78 is 119. The van der Waals surface area contributed by atoms with Gasteiger partial charge in [-0.3, -0.25) is 9.59 Å². The molecule has 0 radical (unpaired) electrons.